The number of aryl methyl sites for hydroxylation is 1. The Labute approximate surface area is 172 Å². The van der Waals surface area contributed by atoms with E-state index in [4.69, 9.17) is 9.47 Å². The molecule has 0 fully saturated rings. The Morgan fingerprint density at radius 1 is 0.967 bits per heavy atom. The molecule has 154 valence electrons. The van der Waals surface area contributed by atoms with Gasteiger partial charge in [0.2, 0.25) is 0 Å². The van der Waals surface area contributed by atoms with Crippen LogP contribution in [0.1, 0.15) is 17.3 Å². The number of hydrogen-bond acceptors (Lipinski definition) is 6. The molecule has 0 atom stereocenters. The molecule has 0 aliphatic rings. The van der Waals surface area contributed by atoms with Crippen molar-refractivity contribution in [3.8, 4) is 11.5 Å². The van der Waals surface area contributed by atoms with E-state index in [1.54, 1.807) is 50.4 Å². The molecule has 2 aromatic carbocycles. The number of rotatable bonds is 6. The lowest BCUT2D eigenvalue weighted by Gasteiger charge is -2.09. The van der Waals surface area contributed by atoms with Crippen molar-refractivity contribution in [2.24, 2.45) is 7.05 Å². The van der Waals surface area contributed by atoms with Gasteiger partial charge in [-0.1, -0.05) is 24.3 Å². The summed E-state index contributed by atoms with van der Waals surface area (Å²) in [6.07, 6.45) is 1.40. The molecule has 9 heteroatoms. The summed E-state index contributed by atoms with van der Waals surface area (Å²) in [5.41, 5.74) is 0.425. The highest BCUT2D eigenvalue weighted by Gasteiger charge is 2.22. The molecule has 2 N–H and O–H groups in total. The van der Waals surface area contributed by atoms with Gasteiger partial charge in [-0.15, -0.1) is 0 Å². The maximum atomic E-state index is 12.3. The van der Waals surface area contributed by atoms with Crippen molar-refractivity contribution in [2.45, 2.75) is 6.92 Å². The number of amides is 2. The molecule has 1 aromatic heterocycles. The third kappa shape index (κ3) is 5.22. The molecule has 3 rings (SSSR count). The summed E-state index contributed by atoms with van der Waals surface area (Å²) < 4.78 is 12.0. The number of nitrogens with zero attached hydrogens (tertiary/aromatic N) is 2. The summed E-state index contributed by atoms with van der Waals surface area (Å²) in [6, 6.07) is 15.8. The number of aromatic nitrogens is 2. The Hall–Kier alpha value is -4.14. The molecule has 3 aromatic rings. The normalized spacial score (nSPS) is 10.2. The average Bonchev–Trinajstić information content (AvgIpc) is 3.09. The zero-order valence-corrected chi connectivity index (χ0v) is 16.4. The highest BCUT2D eigenvalue weighted by Crippen LogP contribution is 2.24. The van der Waals surface area contributed by atoms with Crippen molar-refractivity contribution in [1.29, 1.82) is 0 Å². The molecule has 0 bridgehead atoms. The number of hydrogen-bond donors (Lipinski definition) is 2. The van der Waals surface area contributed by atoms with E-state index in [-0.39, 0.29) is 18.0 Å². The molecular formula is C21H20N4O5. The molecular weight excluding hydrogens is 388 g/mol. The van der Waals surface area contributed by atoms with E-state index in [9.17, 15) is 14.4 Å². The van der Waals surface area contributed by atoms with E-state index in [1.807, 2.05) is 18.2 Å². The van der Waals surface area contributed by atoms with Gasteiger partial charge in [0.15, 0.2) is 5.82 Å². The van der Waals surface area contributed by atoms with E-state index in [0.29, 0.717) is 17.2 Å². The summed E-state index contributed by atoms with van der Waals surface area (Å²) in [6.45, 7) is 1.83. The zero-order valence-electron chi connectivity index (χ0n) is 16.4. The quantitative estimate of drug-likeness (QED) is 0.479. The number of anilines is 2. The molecule has 0 aliphatic carbocycles. The van der Waals surface area contributed by atoms with Crippen molar-refractivity contribution >= 4 is 29.3 Å². The van der Waals surface area contributed by atoms with Crippen molar-refractivity contribution < 1.29 is 23.9 Å². The molecule has 30 heavy (non-hydrogen) atoms. The van der Waals surface area contributed by atoms with E-state index in [2.05, 4.69) is 15.7 Å². The van der Waals surface area contributed by atoms with Gasteiger partial charge < -0.3 is 20.1 Å². The second-order valence-corrected chi connectivity index (χ2v) is 6.14. The van der Waals surface area contributed by atoms with Gasteiger partial charge in [0, 0.05) is 25.0 Å². The number of ether oxygens (including phenoxy) is 2. The third-order valence-corrected chi connectivity index (χ3v) is 3.83. The van der Waals surface area contributed by atoms with Crippen LogP contribution in [0.25, 0.3) is 0 Å². The van der Waals surface area contributed by atoms with Crippen LogP contribution in [0.15, 0.2) is 60.8 Å². The summed E-state index contributed by atoms with van der Waals surface area (Å²) in [4.78, 5) is 36.5. The van der Waals surface area contributed by atoms with E-state index < -0.39 is 17.8 Å². The van der Waals surface area contributed by atoms with Gasteiger partial charge >= 0.3 is 17.8 Å². The monoisotopic (exact) mass is 408 g/mol. The zero-order chi connectivity index (χ0) is 21.5. The molecule has 0 radical (unpaired) electrons. The molecule has 1 heterocycles. The first-order chi connectivity index (χ1) is 14.5. The van der Waals surface area contributed by atoms with Crippen LogP contribution in [0.4, 0.5) is 11.5 Å². The van der Waals surface area contributed by atoms with Crippen LogP contribution in [-0.2, 0) is 21.4 Å². The van der Waals surface area contributed by atoms with Crippen LogP contribution in [0.3, 0.4) is 0 Å². The standard InChI is InChI=1S/C21H20N4O5/c1-3-29-21(28)17-13-25(2)24-18(17)23-20(27)19(26)22-14-8-7-11-16(12-14)30-15-9-5-4-6-10-15/h4-13H,3H2,1-2H3,(H,22,26)(H,23,24,27). The summed E-state index contributed by atoms with van der Waals surface area (Å²) in [5, 5.41) is 8.81. The van der Waals surface area contributed by atoms with Gasteiger partial charge in [-0.05, 0) is 31.2 Å². The van der Waals surface area contributed by atoms with Gasteiger partial charge in [-0.3, -0.25) is 14.3 Å². The van der Waals surface area contributed by atoms with E-state index in [1.165, 1.54) is 10.9 Å². The Kier molecular flexibility index (Phi) is 6.43. The van der Waals surface area contributed by atoms with Crippen LogP contribution in [0.2, 0.25) is 0 Å². The maximum Gasteiger partial charge on any atom is 0.343 e. The SMILES string of the molecule is CCOC(=O)c1cn(C)nc1NC(=O)C(=O)Nc1cccc(Oc2ccccc2)c1. The fourth-order valence-electron chi connectivity index (χ4n) is 2.55. The predicted octanol–water partition coefficient (Wildman–Crippen LogP) is 2.97. The molecule has 0 unspecified atom stereocenters. The number of benzene rings is 2. The van der Waals surface area contributed by atoms with Gasteiger partial charge in [-0.25, -0.2) is 4.79 Å². The van der Waals surface area contributed by atoms with Crippen LogP contribution < -0.4 is 15.4 Å². The third-order valence-electron chi connectivity index (χ3n) is 3.83. The minimum atomic E-state index is -0.978. The Morgan fingerprint density at radius 2 is 1.67 bits per heavy atom. The molecule has 0 saturated carbocycles. The van der Waals surface area contributed by atoms with Gasteiger partial charge in [0.05, 0.1) is 6.61 Å². The van der Waals surface area contributed by atoms with Gasteiger partial charge in [0.25, 0.3) is 0 Å². The number of carbonyl (C=O) groups is 3. The summed E-state index contributed by atoms with van der Waals surface area (Å²) in [7, 11) is 1.58. The summed E-state index contributed by atoms with van der Waals surface area (Å²) >= 11 is 0. The first-order valence-corrected chi connectivity index (χ1v) is 9.12. The number of para-hydroxylation sites is 1. The fraction of sp³-hybridized carbons (Fsp3) is 0.143. The lowest BCUT2D eigenvalue weighted by Crippen LogP contribution is -2.30. The van der Waals surface area contributed by atoms with Crippen LogP contribution in [0, 0.1) is 0 Å². The predicted molar refractivity (Wildman–Crippen MR) is 109 cm³/mol. The highest BCUT2D eigenvalue weighted by atomic mass is 16.5. The average molecular weight is 408 g/mol. The molecule has 2 amide bonds. The minimum Gasteiger partial charge on any atom is -0.462 e. The smallest absolute Gasteiger partial charge is 0.343 e. The Morgan fingerprint density at radius 3 is 2.40 bits per heavy atom. The van der Waals surface area contributed by atoms with Crippen molar-refractivity contribution in [3.05, 3.63) is 66.4 Å². The van der Waals surface area contributed by atoms with Crippen LogP contribution in [0.5, 0.6) is 11.5 Å². The highest BCUT2D eigenvalue weighted by molar-refractivity contribution is 6.43. The second-order valence-electron chi connectivity index (χ2n) is 6.14. The Bertz CT molecular complexity index is 1060. The fourth-order valence-corrected chi connectivity index (χ4v) is 2.55. The molecule has 0 saturated heterocycles. The lowest BCUT2D eigenvalue weighted by atomic mass is 10.3. The maximum absolute atomic E-state index is 12.3. The molecule has 0 aliphatic heterocycles. The topological polar surface area (TPSA) is 112 Å². The molecule has 0 spiro atoms. The van der Waals surface area contributed by atoms with Gasteiger partial charge in [-0.2, -0.15) is 5.10 Å². The van der Waals surface area contributed by atoms with Crippen molar-refractivity contribution in [3.63, 3.8) is 0 Å². The molecule has 9 nitrogen and oxygen atoms in total. The number of esters is 1. The largest absolute Gasteiger partial charge is 0.462 e. The minimum absolute atomic E-state index is 0.0544. The Balaban J connectivity index is 1.66. The van der Waals surface area contributed by atoms with Crippen molar-refractivity contribution in [2.75, 3.05) is 17.2 Å². The van der Waals surface area contributed by atoms with Crippen LogP contribution >= 0.6 is 0 Å². The second kappa shape index (κ2) is 9.37. The first-order valence-electron chi connectivity index (χ1n) is 9.12. The number of carbonyl (C=O) groups excluding carboxylic acids is 3. The summed E-state index contributed by atoms with van der Waals surface area (Å²) in [5.74, 6) is -1.47. The van der Waals surface area contributed by atoms with E-state index >= 15 is 0 Å². The van der Waals surface area contributed by atoms with Gasteiger partial charge in [0.1, 0.15) is 17.1 Å². The first kappa shape index (κ1) is 20.6. The van der Waals surface area contributed by atoms with Crippen molar-refractivity contribution in [1.82, 2.24) is 9.78 Å². The number of nitrogens with one attached hydrogen (secondary N) is 2. The van der Waals surface area contributed by atoms with Crippen LogP contribution in [-0.4, -0.2) is 34.2 Å². The van der Waals surface area contributed by atoms with E-state index in [0.717, 1.165) is 0 Å². The lowest BCUT2D eigenvalue weighted by molar-refractivity contribution is -0.133.